The van der Waals surface area contributed by atoms with Crippen molar-refractivity contribution in [3.8, 4) is 11.5 Å². The standard InChI is InChI=1S/C18H20N2O3/c1-12-8-7-11-15(13(12)2)23-16-10-6-5-9-14(16)17(20-22-4)18(21)19-3/h5-11H,1-4H3,(H,19,21)/b20-17-. The van der Waals surface area contributed by atoms with Gasteiger partial charge in [0.25, 0.3) is 5.91 Å². The number of ether oxygens (including phenoxy) is 1. The first-order chi connectivity index (χ1) is 11.1. The van der Waals surface area contributed by atoms with E-state index in [2.05, 4.69) is 10.5 Å². The van der Waals surface area contributed by atoms with Gasteiger partial charge in [0.2, 0.25) is 0 Å². The number of hydrogen-bond donors (Lipinski definition) is 1. The van der Waals surface area contributed by atoms with Crippen LogP contribution in [0.15, 0.2) is 47.6 Å². The van der Waals surface area contributed by atoms with Gasteiger partial charge in [-0.1, -0.05) is 29.4 Å². The van der Waals surface area contributed by atoms with Crippen molar-refractivity contribution in [1.82, 2.24) is 5.32 Å². The summed E-state index contributed by atoms with van der Waals surface area (Å²) in [5.74, 6) is 0.940. The summed E-state index contributed by atoms with van der Waals surface area (Å²) < 4.78 is 6.03. The highest BCUT2D eigenvalue weighted by Crippen LogP contribution is 2.29. The first-order valence-corrected chi connectivity index (χ1v) is 7.25. The molecule has 0 fully saturated rings. The summed E-state index contributed by atoms with van der Waals surface area (Å²) in [6, 6.07) is 13.1. The van der Waals surface area contributed by atoms with Gasteiger partial charge < -0.3 is 14.9 Å². The van der Waals surface area contributed by atoms with Crippen LogP contribution in [0.1, 0.15) is 16.7 Å². The van der Waals surface area contributed by atoms with Gasteiger partial charge >= 0.3 is 0 Å². The lowest BCUT2D eigenvalue weighted by molar-refractivity contribution is -0.114. The maximum Gasteiger partial charge on any atom is 0.273 e. The first kappa shape index (κ1) is 16.5. The van der Waals surface area contributed by atoms with Gasteiger partial charge in [0.05, 0.1) is 5.56 Å². The van der Waals surface area contributed by atoms with Crippen LogP contribution in [0, 0.1) is 13.8 Å². The van der Waals surface area contributed by atoms with E-state index in [9.17, 15) is 4.79 Å². The zero-order chi connectivity index (χ0) is 16.8. The lowest BCUT2D eigenvalue weighted by Gasteiger charge is -2.14. The van der Waals surface area contributed by atoms with Crippen molar-refractivity contribution < 1.29 is 14.4 Å². The predicted molar refractivity (Wildman–Crippen MR) is 90.0 cm³/mol. The van der Waals surface area contributed by atoms with Gasteiger partial charge in [-0.3, -0.25) is 4.79 Å². The topological polar surface area (TPSA) is 59.9 Å². The number of aryl methyl sites for hydroxylation is 1. The number of oxime groups is 1. The molecule has 0 heterocycles. The summed E-state index contributed by atoms with van der Waals surface area (Å²) >= 11 is 0. The van der Waals surface area contributed by atoms with Crippen LogP contribution in [0.3, 0.4) is 0 Å². The summed E-state index contributed by atoms with van der Waals surface area (Å²) in [5, 5.41) is 6.39. The monoisotopic (exact) mass is 312 g/mol. The van der Waals surface area contributed by atoms with Crippen LogP contribution in [-0.2, 0) is 9.63 Å². The van der Waals surface area contributed by atoms with Gasteiger partial charge in [-0.2, -0.15) is 0 Å². The molecule has 2 rings (SSSR count). The molecule has 5 nitrogen and oxygen atoms in total. The van der Waals surface area contributed by atoms with Gasteiger partial charge in [-0.25, -0.2) is 0 Å². The minimum atomic E-state index is -0.344. The Bertz CT molecular complexity index is 739. The molecule has 1 amide bonds. The highest BCUT2D eigenvalue weighted by Gasteiger charge is 2.19. The minimum absolute atomic E-state index is 0.163. The van der Waals surface area contributed by atoms with E-state index in [4.69, 9.17) is 9.57 Å². The molecule has 120 valence electrons. The molecule has 0 unspecified atom stereocenters. The van der Waals surface area contributed by atoms with Crippen LogP contribution < -0.4 is 10.1 Å². The quantitative estimate of drug-likeness (QED) is 0.681. The fourth-order valence-electron chi connectivity index (χ4n) is 2.13. The Balaban J connectivity index is 2.47. The molecule has 0 aliphatic carbocycles. The van der Waals surface area contributed by atoms with E-state index in [1.54, 1.807) is 19.2 Å². The van der Waals surface area contributed by atoms with Crippen molar-refractivity contribution in [3.05, 3.63) is 59.2 Å². The van der Waals surface area contributed by atoms with Gasteiger partial charge in [0.1, 0.15) is 18.6 Å². The second kappa shape index (κ2) is 7.45. The second-order valence-corrected chi connectivity index (χ2v) is 5.00. The molecule has 0 radical (unpaired) electrons. The summed E-state index contributed by atoms with van der Waals surface area (Å²) in [6.07, 6.45) is 0. The zero-order valence-corrected chi connectivity index (χ0v) is 13.7. The van der Waals surface area contributed by atoms with Crippen LogP contribution in [0.5, 0.6) is 11.5 Å². The van der Waals surface area contributed by atoms with Crippen molar-refractivity contribution in [2.24, 2.45) is 5.16 Å². The van der Waals surface area contributed by atoms with E-state index in [-0.39, 0.29) is 11.6 Å². The average molecular weight is 312 g/mol. The highest BCUT2D eigenvalue weighted by molar-refractivity contribution is 6.45. The molecule has 0 bridgehead atoms. The van der Waals surface area contributed by atoms with Crippen LogP contribution in [0.25, 0.3) is 0 Å². The number of rotatable bonds is 5. The van der Waals surface area contributed by atoms with Crippen LogP contribution in [-0.4, -0.2) is 25.8 Å². The van der Waals surface area contributed by atoms with E-state index in [1.165, 1.54) is 7.11 Å². The van der Waals surface area contributed by atoms with Crippen molar-refractivity contribution in [3.63, 3.8) is 0 Å². The second-order valence-electron chi connectivity index (χ2n) is 5.00. The highest BCUT2D eigenvalue weighted by atomic mass is 16.6. The smallest absolute Gasteiger partial charge is 0.273 e. The number of carbonyl (C=O) groups is 1. The van der Waals surface area contributed by atoms with E-state index in [1.807, 2.05) is 44.2 Å². The van der Waals surface area contributed by atoms with E-state index in [0.717, 1.165) is 16.9 Å². The van der Waals surface area contributed by atoms with Gasteiger partial charge in [-0.05, 0) is 43.2 Å². The summed E-state index contributed by atoms with van der Waals surface area (Å²) in [4.78, 5) is 16.9. The molecule has 2 aromatic rings. The maximum atomic E-state index is 12.1. The molecule has 0 spiro atoms. The molecule has 0 aliphatic heterocycles. The number of likely N-dealkylation sites (N-methyl/N-ethyl adjacent to an activating group) is 1. The van der Waals surface area contributed by atoms with E-state index >= 15 is 0 Å². The Hall–Kier alpha value is -2.82. The Kier molecular flexibility index (Phi) is 5.36. The minimum Gasteiger partial charge on any atom is -0.456 e. The Morgan fingerprint density at radius 2 is 1.74 bits per heavy atom. The largest absolute Gasteiger partial charge is 0.456 e. The normalized spacial score (nSPS) is 11.0. The Morgan fingerprint density at radius 1 is 1.04 bits per heavy atom. The van der Waals surface area contributed by atoms with E-state index < -0.39 is 0 Å². The van der Waals surface area contributed by atoms with Crippen molar-refractivity contribution in [1.29, 1.82) is 0 Å². The van der Waals surface area contributed by atoms with E-state index in [0.29, 0.717) is 11.3 Å². The molecule has 5 heteroatoms. The molecule has 0 aliphatic rings. The van der Waals surface area contributed by atoms with Crippen LogP contribution in [0.2, 0.25) is 0 Å². The third-order valence-corrected chi connectivity index (χ3v) is 3.54. The molecule has 0 aromatic heterocycles. The number of para-hydroxylation sites is 1. The predicted octanol–water partition coefficient (Wildman–Crippen LogP) is 3.19. The fraction of sp³-hybridized carbons (Fsp3) is 0.222. The Morgan fingerprint density at radius 3 is 2.43 bits per heavy atom. The number of carbonyl (C=O) groups excluding carboxylic acids is 1. The molecule has 0 saturated carbocycles. The number of amides is 1. The lowest BCUT2D eigenvalue weighted by atomic mass is 10.1. The first-order valence-electron chi connectivity index (χ1n) is 7.25. The zero-order valence-electron chi connectivity index (χ0n) is 13.7. The molecular weight excluding hydrogens is 292 g/mol. The molecular formula is C18H20N2O3. The average Bonchev–Trinajstić information content (AvgIpc) is 2.57. The SMILES string of the molecule is CNC(=O)/C(=N\OC)c1ccccc1Oc1cccc(C)c1C. The van der Waals surface area contributed by atoms with Crippen molar-refractivity contribution in [2.75, 3.05) is 14.2 Å². The molecule has 2 aromatic carbocycles. The summed E-state index contributed by atoms with van der Waals surface area (Å²) in [6.45, 7) is 4.02. The van der Waals surface area contributed by atoms with Gasteiger partial charge in [0.15, 0.2) is 5.71 Å². The molecule has 23 heavy (non-hydrogen) atoms. The third kappa shape index (κ3) is 3.69. The van der Waals surface area contributed by atoms with Gasteiger partial charge in [-0.15, -0.1) is 0 Å². The van der Waals surface area contributed by atoms with Crippen LogP contribution >= 0.6 is 0 Å². The lowest BCUT2D eigenvalue weighted by Crippen LogP contribution is -2.28. The number of nitrogens with one attached hydrogen (secondary N) is 1. The number of hydrogen-bond acceptors (Lipinski definition) is 4. The molecule has 0 saturated heterocycles. The fourth-order valence-corrected chi connectivity index (χ4v) is 2.13. The maximum absolute atomic E-state index is 12.1. The molecule has 0 atom stereocenters. The number of nitrogens with zero attached hydrogens (tertiary/aromatic N) is 1. The Labute approximate surface area is 135 Å². The van der Waals surface area contributed by atoms with Crippen molar-refractivity contribution >= 4 is 11.6 Å². The summed E-state index contributed by atoms with van der Waals surface area (Å²) in [7, 11) is 2.94. The third-order valence-electron chi connectivity index (χ3n) is 3.54. The van der Waals surface area contributed by atoms with Gasteiger partial charge in [0, 0.05) is 7.05 Å². The molecule has 1 N–H and O–H groups in total. The van der Waals surface area contributed by atoms with Crippen LogP contribution in [0.4, 0.5) is 0 Å². The number of benzene rings is 2. The summed E-state index contributed by atoms with van der Waals surface area (Å²) in [5.41, 5.74) is 2.91. The van der Waals surface area contributed by atoms with Crippen molar-refractivity contribution in [2.45, 2.75) is 13.8 Å².